The summed E-state index contributed by atoms with van der Waals surface area (Å²) in [7, 11) is 0. The predicted molar refractivity (Wildman–Crippen MR) is 115 cm³/mol. The van der Waals surface area contributed by atoms with Crippen molar-refractivity contribution in [2.45, 2.75) is 32.8 Å². The van der Waals surface area contributed by atoms with E-state index in [0.717, 1.165) is 18.5 Å². The molecule has 2 aromatic carbocycles. The van der Waals surface area contributed by atoms with E-state index in [1.165, 1.54) is 5.56 Å². The van der Waals surface area contributed by atoms with E-state index in [1.807, 2.05) is 31.2 Å². The molecule has 0 atom stereocenters. The molecule has 0 saturated heterocycles. The smallest absolute Gasteiger partial charge is 0.256 e. The van der Waals surface area contributed by atoms with E-state index >= 15 is 0 Å². The van der Waals surface area contributed by atoms with Crippen molar-refractivity contribution < 1.29 is 14.1 Å². The van der Waals surface area contributed by atoms with Gasteiger partial charge in [-0.05, 0) is 42.7 Å². The number of carbonyl (C=O) groups excluding carboxylic acids is 1. The maximum atomic E-state index is 12.5. The summed E-state index contributed by atoms with van der Waals surface area (Å²) in [6.45, 7) is 2.14. The van der Waals surface area contributed by atoms with Gasteiger partial charge in [-0.3, -0.25) is 9.89 Å². The van der Waals surface area contributed by atoms with E-state index < -0.39 is 0 Å². The maximum absolute atomic E-state index is 12.5. The van der Waals surface area contributed by atoms with Gasteiger partial charge in [-0.25, -0.2) is 0 Å². The number of aryl methyl sites for hydroxylation is 3. The first-order chi connectivity index (χ1) is 15.2. The number of benzene rings is 2. The summed E-state index contributed by atoms with van der Waals surface area (Å²) in [5.74, 6) is 1.94. The molecule has 0 bridgehead atoms. The lowest BCUT2D eigenvalue weighted by molar-refractivity contribution is 0.102. The van der Waals surface area contributed by atoms with Crippen LogP contribution in [0.15, 0.2) is 65.2 Å². The Morgan fingerprint density at radius 2 is 1.90 bits per heavy atom. The van der Waals surface area contributed by atoms with Gasteiger partial charge in [-0.15, -0.1) is 0 Å². The molecule has 2 aromatic heterocycles. The van der Waals surface area contributed by atoms with Gasteiger partial charge in [-0.1, -0.05) is 42.4 Å². The predicted octanol–water partition coefficient (Wildman–Crippen LogP) is 3.97. The van der Waals surface area contributed by atoms with Gasteiger partial charge in [0.1, 0.15) is 5.75 Å². The van der Waals surface area contributed by atoms with E-state index in [-0.39, 0.29) is 12.5 Å². The first-order valence-corrected chi connectivity index (χ1v) is 10.1. The molecule has 0 aliphatic carbocycles. The van der Waals surface area contributed by atoms with E-state index in [0.29, 0.717) is 35.3 Å². The summed E-state index contributed by atoms with van der Waals surface area (Å²) in [4.78, 5) is 16.7. The Labute approximate surface area is 179 Å². The molecule has 158 valence electrons. The number of anilines is 1. The zero-order valence-electron chi connectivity index (χ0n) is 17.2. The number of hydrogen-bond acceptors (Lipinski definition) is 6. The molecule has 0 saturated carbocycles. The molecule has 8 heteroatoms. The summed E-state index contributed by atoms with van der Waals surface area (Å²) in [5, 5.41) is 13.8. The summed E-state index contributed by atoms with van der Waals surface area (Å²) in [6, 6.07) is 18.9. The number of nitrogens with one attached hydrogen (secondary N) is 2. The number of hydrogen-bond donors (Lipinski definition) is 2. The Balaban J connectivity index is 1.28. The lowest BCUT2D eigenvalue weighted by Gasteiger charge is -2.05. The molecule has 4 aromatic rings. The van der Waals surface area contributed by atoms with Crippen molar-refractivity contribution in [2.75, 3.05) is 5.32 Å². The van der Waals surface area contributed by atoms with Crippen LogP contribution in [-0.4, -0.2) is 26.2 Å². The highest BCUT2D eigenvalue weighted by Gasteiger charge is 2.10. The highest BCUT2D eigenvalue weighted by Crippen LogP contribution is 2.16. The normalized spacial score (nSPS) is 10.7. The van der Waals surface area contributed by atoms with Gasteiger partial charge in [0.25, 0.3) is 5.91 Å². The first-order valence-electron chi connectivity index (χ1n) is 10.1. The maximum Gasteiger partial charge on any atom is 0.256 e. The second-order valence-electron chi connectivity index (χ2n) is 6.99. The standard InChI is InChI=1S/C23H23N5O3/c1-2-22-24-21(28-31-22)15-30-19-12-9-17(10-13-19)23(29)25-20-14-18(26-27-20)11-8-16-6-4-3-5-7-16/h3-7,9-10,12-14H,2,8,11,15H2,1H3,(H2,25,26,27,29). The van der Waals surface area contributed by atoms with Crippen LogP contribution in [0.3, 0.4) is 0 Å². The molecule has 0 spiro atoms. The molecule has 0 fully saturated rings. The fraction of sp³-hybridized carbons (Fsp3) is 0.217. The molecular weight excluding hydrogens is 394 g/mol. The Hall–Kier alpha value is -3.94. The molecule has 4 rings (SSSR count). The zero-order valence-corrected chi connectivity index (χ0v) is 17.2. The largest absolute Gasteiger partial charge is 0.485 e. The zero-order chi connectivity index (χ0) is 21.5. The van der Waals surface area contributed by atoms with Crippen LogP contribution in [0.4, 0.5) is 5.82 Å². The van der Waals surface area contributed by atoms with Gasteiger partial charge in [0.2, 0.25) is 11.7 Å². The van der Waals surface area contributed by atoms with Crippen molar-refractivity contribution in [2.24, 2.45) is 0 Å². The van der Waals surface area contributed by atoms with Crippen molar-refractivity contribution in [3.8, 4) is 5.75 Å². The van der Waals surface area contributed by atoms with Crippen LogP contribution in [0.1, 0.15) is 40.3 Å². The molecule has 0 aliphatic heterocycles. The second kappa shape index (κ2) is 9.71. The average Bonchev–Trinajstić information content (AvgIpc) is 3.46. The molecule has 2 heterocycles. The molecular formula is C23H23N5O3. The third-order valence-corrected chi connectivity index (χ3v) is 4.70. The van der Waals surface area contributed by atoms with E-state index in [1.54, 1.807) is 24.3 Å². The number of H-pyrrole nitrogens is 1. The minimum Gasteiger partial charge on any atom is -0.485 e. The minimum absolute atomic E-state index is 0.202. The number of nitrogens with zero attached hydrogens (tertiary/aromatic N) is 3. The summed E-state index contributed by atoms with van der Waals surface area (Å²) in [5.41, 5.74) is 2.74. The van der Waals surface area contributed by atoms with Crippen molar-refractivity contribution in [1.29, 1.82) is 0 Å². The summed E-state index contributed by atoms with van der Waals surface area (Å²) < 4.78 is 10.7. The lowest BCUT2D eigenvalue weighted by Crippen LogP contribution is -2.12. The Morgan fingerprint density at radius 1 is 1.10 bits per heavy atom. The van der Waals surface area contributed by atoms with Crippen molar-refractivity contribution in [1.82, 2.24) is 20.3 Å². The number of ether oxygens (including phenoxy) is 1. The number of aromatic nitrogens is 4. The first kappa shape index (κ1) is 20.3. The highest BCUT2D eigenvalue weighted by atomic mass is 16.5. The fourth-order valence-electron chi connectivity index (χ4n) is 3.01. The van der Waals surface area contributed by atoms with E-state index in [9.17, 15) is 4.79 Å². The number of carbonyl (C=O) groups is 1. The lowest BCUT2D eigenvalue weighted by atomic mass is 10.1. The van der Waals surface area contributed by atoms with Crippen LogP contribution in [0.2, 0.25) is 0 Å². The van der Waals surface area contributed by atoms with Crippen molar-refractivity contribution >= 4 is 11.7 Å². The Bertz CT molecular complexity index is 1120. The second-order valence-corrected chi connectivity index (χ2v) is 6.99. The molecule has 8 nitrogen and oxygen atoms in total. The van der Waals surface area contributed by atoms with Crippen molar-refractivity contribution in [3.63, 3.8) is 0 Å². The van der Waals surface area contributed by atoms with Crippen LogP contribution in [0.25, 0.3) is 0 Å². The van der Waals surface area contributed by atoms with Gasteiger partial charge in [0.05, 0.1) is 0 Å². The number of aromatic amines is 1. The SMILES string of the molecule is CCc1nc(COc2ccc(C(=O)Nc3cc(CCc4ccccc4)[nH]n3)cc2)no1. The van der Waals surface area contributed by atoms with Gasteiger partial charge in [0, 0.05) is 23.7 Å². The van der Waals surface area contributed by atoms with Gasteiger partial charge in [0.15, 0.2) is 12.4 Å². The summed E-state index contributed by atoms with van der Waals surface area (Å²) >= 11 is 0. The number of rotatable bonds is 9. The molecule has 0 radical (unpaired) electrons. The Kier molecular flexibility index (Phi) is 6.37. The minimum atomic E-state index is -0.238. The van der Waals surface area contributed by atoms with Crippen molar-refractivity contribution in [3.05, 3.63) is 89.2 Å². The van der Waals surface area contributed by atoms with Crippen LogP contribution >= 0.6 is 0 Å². The number of amides is 1. The average molecular weight is 417 g/mol. The topological polar surface area (TPSA) is 106 Å². The van der Waals surface area contributed by atoms with Gasteiger partial charge >= 0.3 is 0 Å². The summed E-state index contributed by atoms with van der Waals surface area (Å²) in [6.07, 6.45) is 2.40. The third-order valence-electron chi connectivity index (χ3n) is 4.70. The van der Waals surface area contributed by atoms with Crippen LogP contribution in [0, 0.1) is 0 Å². The van der Waals surface area contributed by atoms with Gasteiger partial charge in [-0.2, -0.15) is 10.1 Å². The van der Waals surface area contributed by atoms with E-state index in [4.69, 9.17) is 9.26 Å². The monoisotopic (exact) mass is 417 g/mol. The molecule has 1 amide bonds. The molecule has 2 N–H and O–H groups in total. The molecule has 0 aliphatic rings. The van der Waals surface area contributed by atoms with Crippen LogP contribution in [-0.2, 0) is 25.9 Å². The van der Waals surface area contributed by atoms with Gasteiger partial charge < -0.3 is 14.6 Å². The van der Waals surface area contributed by atoms with E-state index in [2.05, 4.69) is 37.8 Å². The quantitative estimate of drug-likeness (QED) is 0.427. The fourth-order valence-corrected chi connectivity index (χ4v) is 3.01. The third kappa shape index (κ3) is 5.57. The highest BCUT2D eigenvalue weighted by molar-refractivity contribution is 6.03. The molecule has 31 heavy (non-hydrogen) atoms. The van der Waals surface area contributed by atoms with Crippen LogP contribution < -0.4 is 10.1 Å². The molecule has 0 unspecified atom stereocenters. The van der Waals surface area contributed by atoms with Crippen LogP contribution in [0.5, 0.6) is 5.75 Å². The Morgan fingerprint density at radius 3 is 2.65 bits per heavy atom.